The van der Waals surface area contributed by atoms with E-state index < -0.39 is 19.5 Å². The highest BCUT2D eigenvalue weighted by Gasteiger charge is 2.30. The second kappa shape index (κ2) is 8.64. The van der Waals surface area contributed by atoms with E-state index in [2.05, 4.69) is 5.32 Å². The minimum absolute atomic E-state index is 0.0409. The number of rotatable bonds is 7. The van der Waals surface area contributed by atoms with E-state index in [9.17, 15) is 19.1 Å². The summed E-state index contributed by atoms with van der Waals surface area (Å²) in [4.78, 5) is 30.7. The van der Waals surface area contributed by atoms with Crippen molar-refractivity contribution < 1.29 is 23.9 Å². The van der Waals surface area contributed by atoms with Crippen LogP contribution in [-0.2, 0) is 22.3 Å². The number of benzene rings is 2. The van der Waals surface area contributed by atoms with Crippen LogP contribution < -0.4 is 5.32 Å². The molecule has 2 rings (SSSR count). The Labute approximate surface area is 140 Å². The molecule has 1 atom stereocenters. The average molecular weight is 349 g/mol. The van der Waals surface area contributed by atoms with Crippen LogP contribution >= 0.6 is 7.60 Å². The van der Waals surface area contributed by atoms with E-state index in [1.807, 2.05) is 48.5 Å². The average Bonchev–Trinajstić information content (AvgIpc) is 2.57. The van der Waals surface area contributed by atoms with Gasteiger partial charge in [0.25, 0.3) is 0 Å². The summed E-state index contributed by atoms with van der Waals surface area (Å²) in [6, 6.07) is 18.4. The fraction of sp³-hybridized carbons (Fsp3) is 0.235. The van der Waals surface area contributed by atoms with Gasteiger partial charge in [0.1, 0.15) is 12.4 Å². The third kappa shape index (κ3) is 6.16. The Balaban J connectivity index is 1.88. The number of hydrogen-bond acceptors (Lipinski definition) is 3. The molecular formula is C17H20NO5P. The molecule has 0 saturated heterocycles. The Morgan fingerprint density at radius 3 is 2.08 bits per heavy atom. The van der Waals surface area contributed by atoms with E-state index in [1.165, 1.54) is 0 Å². The summed E-state index contributed by atoms with van der Waals surface area (Å²) >= 11 is 0. The topological polar surface area (TPSA) is 95.9 Å². The largest absolute Gasteiger partial charge is 0.445 e. The van der Waals surface area contributed by atoms with Crippen LogP contribution in [0.3, 0.4) is 0 Å². The second-order valence-electron chi connectivity index (χ2n) is 5.34. The van der Waals surface area contributed by atoms with Gasteiger partial charge in [-0.1, -0.05) is 60.7 Å². The maximum Gasteiger partial charge on any atom is 0.408 e. The van der Waals surface area contributed by atoms with E-state index in [0.29, 0.717) is 6.42 Å². The van der Waals surface area contributed by atoms with Gasteiger partial charge < -0.3 is 19.8 Å². The van der Waals surface area contributed by atoms with Crippen molar-refractivity contribution >= 4 is 13.7 Å². The van der Waals surface area contributed by atoms with Gasteiger partial charge in [0, 0.05) is 0 Å². The molecule has 0 radical (unpaired) electrons. The molecule has 7 heteroatoms. The van der Waals surface area contributed by atoms with Gasteiger partial charge in [-0.2, -0.15) is 0 Å². The van der Waals surface area contributed by atoms with Crippen LogP contribution in [0.1, 0.15) is 17.5 Å². The number of hydrogen-bond donors (Lipinski definition) is 3. The smallest absolute Gasteiger partial charge is 0.408 e. The standard InChI is InChI=1S/C17H20NO5P/c19-17(23-13-15-9-5-2-6-10-15)18-16(24(20,21)22)12-11-14-7-3-1-4-8-14/h1-10,16H,11-13H2,(H,18,19)(H2,20,21,22)/t16-/m1/s1. The van der Waals surface area contributed by atoms with E-state index in [1.54, 1.807) is 12.1 Å². The molecule has 0 aliphatic carbocycles. The Hall–Kier alpha value is -2.14. The van der Waals surface area contributed by atoms with Gasteiger partial charge in [0.2, 0.25) is 0 Å². The van der Waals surface area contributed by atoms with Gasteiger partial charge >= 0.3 is 13.7 Å². The molecule has 3 N–H and O–H groups in total. The van der Waals surface area contributed by atoms with Gasteiger partial charge in [0.15, 0.2) is 0 Å². The van der Waals surface area contributed by atoms with Gasteiger partial charge in [-0.3, -0.25) is 4.57 Å². The zero-order chi connectivity index (χ0) is 17.4. The summed E-state index contributed by atoms with van der Waals surface area (Å²) in [7, 11) is -4.47. The molecule has 1 amide bonds. The first kappa shape index (κ1) is 18.2. The zero-order valence-electron chi connectivity index (χ0n) is 13.0. The van der Waals surface area contributed by atoms with Crippen LogP contribution in [0.25, 0.3) is 0 Å². The summed E-state index contributed by atoms with van der Waals surface area (Å²) in [5, 5.41) is 2.27. The number of ether oxygens (including phenoxy) is 1. The molecular weight excluding hydrogens is 329 g/mol. The van der Waals surface area contributed by atoms with Crippen molar-refractivity contribution in [1.29, 1.82) is 0 Å². The van der Waals surface area contributed by atoms with Crippen LogP contribution in [0, 0.1) is 0 Å². The second-order valence-corrected chi connectivity index (χ2v) is 7.14. The number of aryl methyl sites for hydroxylation is 1. The van der Waals surface area contributed by atoms with Gasteiger partial charge in [0.05, 0.1) is 0 Å². The van der Waals surface area contributed by atoms with Gasteiger partial charge in [-0.05, 0) is 24.0 Å². The van der Waals surface area contributed by atoms with Crippen LogP contribution in [0.15, 0.2) is 60.7 Å². The Kier molecular flexibility index (Phi) is 6.55. The quantitative estimate of drug-likeness (QED) is 0.668. The third-order valence-corrected chi connectivity index (χ3v) is 4.65. The van der Waals surface area contributed by atoms with Crippen LogP contribution in [-0.4, -0.2) is 21.7 Å². The minimum Gasteiger partial charge on any atom is -0.445 e. The molecule has 0 bridgehead atoms. The lowest BCUT2D eigenvalue weighted by Crippen LogP contribution is -2.35. The first-order chi connectivity index (χ1) is 11.4. The van der Waals surface area contributed by atoms with Crippen molar-refractivity contribution in [2.24, 2.45) is 0 Å². The summed E-state index contributed by atoms with van der Waals surface area (Å²) in [6.45, 7) is 0.0409. The van der Waals surface area contributed by atoms with Crippen molar-refractivity contribution in [3.05, 3.63) is 71.8 Å². The van der Waals surface area contributed by atoms with Gasteiger partial charge in [-0.25, -0.2) is 4.79 Å². The minimum atomic E-state index is -4.47. The lowest BCUT2D eigenvalue weighted by Gasteiger charge is -2.19. The summed E-state index contributed by atoms with van der Waals surface area (Å²) in [5.41, 5.74) is 1.74. The van der Waals surface area contributed by atoms with Crippen molar-refractivity contribution in [3.8, 4) is 0 Å². The van der Waals surface area contributed by atoms with E-state index in [0.717, 1.165) is 11.1 Å². The first-order valence-corrected chi connectivity index (χ1v) is 9.19. The van der Waals surface area contributed by atoms with Gasteiger partial charge in [-0.15, -0.1) is 0 Å². The molecule has 0 aromatic heterocycles. The summed E-state index contributed by atoms with van der Waals surface area (Å²) in [6.07, 6.45) is -0.287. The molecule has 0 saturated carbocycles. The molecule has 24 heavy (non-hydrogen) atoms. The number of carbonyl (C=O) groups is 1. The maximum absolute atomic E-state index is 11.8. The monoisotopic (exact) mass is 349 g/mol. The van der Waals surface area contributed by atoms with Crippen molar-refractivity contribution in [2.45, 2.75) is 25.2 Å². The molecule has 2 aromatic carbocycles. The zero-order valence-corrected chi connectivity index (χ0v) is 13.9. The lowest BCUT2D eigenvalue weighted by molar-refractivity contribution is 0.136. The van der Waals surface area contributed by atoms with Crippen molar-refractivity contribution in [3.63, 3.8) is 0 Å². The molecule has 0 aliphatic heterocycles. The van der Waals surface area contributed by atoms with Crippen LogP contribution in [0.4, 0.5) is 4.79 Å². The van der Waals surface area contributed by atoms with Crippen molar-refractivity contribution in [1.82, 2.24) is 5.32 Å². The summed E-state index contributed by atoms with van der Waals surface area (Å²) < 4.78 is 16.6. The van der Waals surface area contributed by atoms with Crippen molar-refractivity contribution in [2.75, 3.05) is 0 Å². The normalized spacial score (nSPS) is 12.4. The molecule has 0 heterocycles. The third-order valence-electron chi connectivity index (χ3n) is 3.45. The molecule has 2 aromatic rings. The highest BCUT2D eigenvalue weighted by molar-refractivity contribution is 7.52. The SMILES string of the molecule is O=C(N[C@@H](CCc1ccccc1)P(=O)(O)O)OCc1ccccc1. The number of nitrogens with one attached hydrogen (secondary N) is 1. The van der Waals surface area contributed by atoms with Crippen LogP contribution in [0.5, 0.6) is 0 Å². The van der Waals surface area contributed by atoms with E-state index in [-0.39, 0.29) is 13.0 Å². The fourth-order valence-corrected chi connectivity index (χ4v) is 2.91. The Morgan fingerprint density at radius 2 is 1.54 bits per heavy atom. The van der Waals surface area contributed by atoms with E-state index in [4.69, 9.17) is 4.74 Å². The number of carbonyl (C=O) groups excluding carboxylic acids is 1. The molecule has 0 aliphatic rings. The molecule has 0 fully saturated rings. The first-order valence-electron chi connectivity index (χ1n) is 7.51. The Bertz CT molecular complexity index is 687. The molecule has 0 unspecified atom stereocenters. The molecule has 128 valence electrons. The predicted octanol–water partition coefficient (Wildman–Crippen LogP) is 3.05. The molecule has 6 nitrogen and oxygen atoms in total. The Morgan fingerprint density at radius 1 is 1.00 bits per heavy atom. The van der Waals surface area contributed by atoms with E-state index >= 15 is 0 Å². The number of amides is 1. The number of alkyl carbamates (subject to hydrolysis) is 1. The highest BCUT2D eigenvalue weighted by atomic mass is 31.2. The predicted molar refractivity (Wildman–Crippen MR) is 90.4 cm³/mol. The fourth-order valence-electron chi connectivity index (χ4n) is 2.17. The lowest BCUT2D eigenvalue weighted by atomic mass is 10.1. The van der Waals surface area contributed by atoms with Crippen LogP contribution in [0.2, 0.25) is 0 Å². The molecule has 0 spiro atoms. The maximum atomic E-state index is 11.8. The highest BCUT2D eigenvalue weighted by Crippen LogP contribution is 2.41. The summed E-state index contributed by atoms with van der Waals surface area (Å²) in [5.74, 6) is -1.28.